The number of hydrogen-bond acceptors (Lipinski definition) is 2. The van der Waals surface area contributed by atoms with E-state index in [2.05, 4.69) is 18.9 Å². The largest absolute Gasteiger partial charge is 0.384 e. The average molecular weight is 155 g/mol. The van der Waals surface area contributed by atoms with Gasteiger partial charge in [0.15, 0.2) is 0 Å². The number of nitrogens with zero attached hydrogens (tertiary/aromatic N) is 1. The maximum absolute atomic E-state index is 5.24. The van der Waals surface area contributed by atoms with Crippen LogP contribution in [0.25, 0.3) is 0 Å². The Kier molecular flexibility index (Phi) is 1.52. The van der Waals surface area contributed by atoms with Crippen LogP contribution in [0.5, 0.6) is 0 Å². The van der Waals surface area contributed by atoms with Gasteiger partial charge in [0.25, 0.3) is 0 Å². The normalized spacial score (nSPS) is 49.4. The fourth-order valence-corrected chi connectivity index (χ4v) is 2.66. The zero-order valence-electron chi connectivity index (χ0n) is 7.63. The van der Waals surface area contributed by atoms with E-state index in [4.69, 9.17) is 4.74 Å². The first-order valence-corrected chi connectivity index (χ1v) is 4.40. The molecule has 0 radical (unpaired) electrons. The molecule has 11 heavy (non-hydrogen) atoms. The van der Waals surface area contributed by atoms with Crippen LogP contribution >= 0.6 is 0 Å². The van der Waals surface area contributed by atoms with E-state index in [9.17, 15) is 0 Å². The fourth-order valence-electron chi connectivity index (χ4n) is 2.66. The highest BCUT2D eigenvalue weighted by atomic mass is 16.5. The Labute approximate surface area is 68.5 Å². The van der Waals surface area contributed by atoms with E-state index < -0.39 is 0 Å². The van der Waals surface area contributed by atoms with Crippen molar-refractivity contribution >= 4 is 0 Å². The highest BCUT2D eigenvalue weighted by Gasteiger charge is 2.62. The molecule has 0 aromatic rings. The lowest BCUT2D eigenvalue weighted by molar-refractivity contribution is 0.139. The zero-order chi connectivity index (χ0) is 8.06. The number of methoxy groups -OCH3 is 1. The summed E-state index contributed by atoms with van der Waals surface area (Å²) in [4.78, 5) is 2.50. The minimum absolute atomic E-state index is 0.558. The molecule has 1 aliphatic carbocycles. The first-order valence-electron chi connectivity index (χ1n) is 4.40. The molecule has 2 fully saturated rings. The molecule has 2 aliphatic rings. The molecular weight excluding hydrogens is 138 g/mol. The first kappa shape index (κ1) is 7.56. The van der Waals surface area contributed by atoms with E-state index in [0.29, 0.717) is 5.41 Å². The number of likely N-dealkylation sites (tertiary alicyclic amines) is 1. The van der Waals surface area contributed by atoms with Crippen LogP contribution in [0.3, 0.4) is 0 Å². The summed E-state index contributed by atoms with van der Waals surface area (Å²) in [5, 5.41) is 0. The molecule has 0 aromatic carbocycles. The maximum atomic E-state index is 5.24. The fraction of sp³-hybridized carbons (Fsp3) is 1.00. The van der Waals surface area contributed by atoms with E-state index in [1.54, 1.807) is 0 Å². The molecule has 1 saturated heterocycles. The van der Waals surface area contributed by atoms with Crippen LogP contribution in [0.15, 0.2) is 0 Å². The van der Waals surface area contributed by atoms with Gasteiger partial charge in [-0.15, -0.1) is 0 Å². The number of rotatable bonds is 2. The van der Waals surface area contributed by atoms with Crippen molar-refractivity contribution in [2.45, 2.75) is 31.8 Å². The second kappa shape index (κ2) is 2.20. The van der Waals surface area contributed by atoms with Crippen LogP contribution in [0, 0.1) is 5.41 Å². The molecule has 2 rings (SSSR count). The Morgan fingerprint density at radius 3 is 2.73 bits per heavy atom. The number of piperidine rings is 1. The Morgan fingerprint density at radius 1 is 1.55 bits per heavy atom. The summed E-state index contributed by atoms with van der Waals surface area (Å²) >= 11 is 0. The van der Waals surface area contributed by atoms with Gasteiger partial charge < -0.3 is 9.64 Å². The van der Waals surface area contributed by atoms with Crippen LogP contribution in [-0.4, -0.2) is 37.7 Å². The molecule has 3 unspecified atom stereocenters. The Morgan fingerprint density at radius 2 is 2.27 bits per heavy atom. The van der Waals surface area contributed by atoms with Gasteiger partial charge >= 0.3 is 0 Å². The quantitative estimate of drug-likeness (QED) is 0.592. The van der Waals surface area contributed by atoms with Crippen molar-refractivity contribution in [1.82, 2.24) is 4.90 Å². The van der Waals surface area contributed by atoms with E-state index in [0.717, 1.165) is 18.7 Å². The predicted molar refractivity (Wildman–Crippen MR) is 44.6 cm³/mol. The van der Waals surface area contributed by atoms with Crippen LogP contribution < -0.4 is 0 Å². The molecule has 0 spiro atoms. The monoisotopic (exact) mass is 155 g/mol. The van der Waals surface area contributed by atoms with Crippen molar-refractivity contribution in [2.75, 3.05) is 20.8 Å². The summed E-state index contributed by atoms with van der Waals surface area (Å²) in [6.45, 7) is 3.27. The summed E-state index contributed by atoms with van der Waals surface area (Å²) in [6, 6.07) is 1.60. The molecule has 2 nitrogen and oxygen atoms in total. The molecule has 0 N–H and O–H groups in total. The van der Waals surface area contributed by atoms with Gasteiger partial charge in [-0.05, 0) is 26.8 Å². The average Bonchev–Trinajstić information content (AvgIpc) is 2.57. The summed E-state index contributed by atoms with van der Waals surface area (Å²) in [5.74, 6) is 0. The molecule has 3 atom stereocenters. The van der Waals surface area contributed by atoms with Crippen LogP contribution in [0.4, 0.5) is 0 Å². The molecule has 1 saturated carbocycles. The number of hydrogen-bond donors (Lipinski definition) is 0. The van der Waals surface area contributed by atoms with Gasteiger partial charge in [-0.2, -0.15) is 0 Å². The molecule has 64 valence electrons. The van der Waals surface area contributed by atoms with E-state index in [-0.39, 0.29) is 0 Å². The molecule has 0 aromatic heterocycles. The van der Waals surface area contributed by atoms with Crippen LogP contribution in [0.1, 0.15) is 19.8 Å². The first-order chi connectivity index (χ1) is 5.19. The van der Waals surface area contributed by atoms with Crippen molar-refractivity contribution in [3.8, 4) is 0 Å². The van der Waals surface area contributed by atoms with Gasteiger partial charge in [0.1, 0.15) is 0 Å². The third kappa shape index (κ3) is 0.926. The molecule has 1 heterocycles. The molecule has 2 heteroatoms. The Balaban J connectivity index is 2.02. The Hall–Kier alpha value is -0.0800. The highest BCUT2D eigenvalue weighted by molar-refractivity contribution is 5.15. The number of fused-ring (bicyclic) bond motifs is 1. The lowest BCUT2D eigenvalue weighted by Gasteiger charge is -2.17. The van der Waals surface area contributed by atoms with Gasteiger partial charge in [0.05, 0.1) is 6.61 Å². The predicted octanol–water partition coefficient (Wildman–Crippen LogP) is 1.12. The topological polar surface area (TPSA) is 12.5 Å². The summed E-state index contributed by atoms with van der Waals surface area (Å²) in [5.41, 5.74) is 0.558. The third-order valence-corrected chi connectivity index (χ3v) is 3.47. The summed E-state index contributed by atoms with van der Waals surface area (Å²) < 4.78 is 5.24. The smallest absolute Gasteiger partial charge is 0.0534 e. The van der Waals surface area contributed by atoms with Crippen molar-refractivity contribution < 1.29 is 4.74 Å². The van der Waals surface area contributed by atoms with Gasteiger partial charge in [-0.1, -0.05) is 0 Å². The van der Waals surface area contributed by atoms with E-state index in [1.165, 1.54) is 12.8 Å². The molecule has 0 bridgehead atoms. The summed E-state index contributed by atoms with van der Waals surface area (Å²) in [6.07, 6.45) is 2.70. The molecule has 0 amide bonds. The Bertz CT molecular complexity index is 171. The van der Waals surface area contributed by atoms with Crippen molar-refractivity contribution in [1.29, 1.82) is 0 Å². The lowest BCUT2D eigenvalue weighted by atomic mass is 10.0. The van der Waals surface area contributed by atoms with E-state index >= 15 is 0 Å². The summed E-state index contributed by atoms with van der Waals surface area (Å²) in [7, 11) is 4.05. The minimum atomic E-state index is 0.558. The number of ether oxygens (including phenoxy) is 1. The van der Waals surface area contributed by atoms with Gasteiger partial charge in [0, 0.05) is 24.6 Å². The SMILES string of the molecule is COCC12CC(C)N(C)C1C2. The van der Waals surface area contributed by atoms with Gasteiger partial charge in [0.2, 0.25) is 0 Å². The third-order valence-electron chi connectivity index (χ3n) is 3.47. The second-order valence-corrected chi connectivity index (χ2v) is 4.23. The van der Waals surface area contributed by atoms with E-state index in [1.807, 2.05) is 7.11 Å². The maximum Gasteiger partial charge on any atom is 0.0534 e. The van der Waals surface area contributed by atoms with Gasteiger partial charge in [-0.3, -0.25) is 0 Å². The van der Waals surface area contributed by atoms with Crippen LogP contribution in [-0.2, 0) is 4.74 Å². The lowest BCUT2D eigenvalue weighted by Crippen LogP contribution is -2.25. The molecular formula is C9H17NO. The standard InChI is InChI=1S/C9H17NO/c1-7-4-9(6-11-3)5-8(9)10(7)2/h7-8H,4-6H2,1-3H3. The second-order valence-electron chi connectivity index (χ2n) is 4.23. The minimum Gasteiger partial charge on any atom is -0.384 e. The molecule has 1 aliphatic heterocycles. The van der Waals surface area contributed by atoms with Gasteiger partial charge in [-0.25, -0.2) is 0 Å². The van der Waals surface area contributed by atoms with Crippen molar-refractivity contribution in [3.05, 3.63) is 0 Å². The van der Waals surface area contributed by atoms with Crippen LogP contribution in [0.2, 0.25) is 0 Å². The van der Waals surface area contributed by atoms with Crippen molar-refractivity contribution in [2.24, 2.45) is 5.41 Å². The zero-order valence-corrected chi connectivity index (χ0v) is 7.63. The highest BCUT2D eigenvalue weighted by Crippen LogP contribution is 2.58. The van der Waals surface area contributed by atoms with Crippen molar-refractivity contribution in [3.63, 3.8) is 0 Å².